The van der Waals surface area contributed by atoms with E-state index in [-0.39, 0.29) is 29.8 Å². The number of likely N-dealkylation sites (tertiary alicyclic amines) is 1. The van der Waals surface area contributed by atoms with E-state index in [1.54, 1.807) is 0 Å². The molecule has 0 aromatic heterocycles. The van der Waals surface area contributed by atoms with Crippen LogP contribution in [0.4, 0.5) is 10.1 Å². The standard InChI is InChI=1S/C17H22ClFN2O2/c1-13(22)21(14-6-7-16(19)15(18)12-14)11-8-17(23)20-9-4-2-3-5-10-20/h6-7,12H,2-5,8-11H2,1H3. The van der Waals surface area contributed by atoms with Crippen LogP contribution in [-0.2, 0) is 9.59 Å². The second-order valence-electron chi connectivity index (χ2n) is 5.81. The Morgan fingerprint density at radius 3 is 2.43 bits per heavy atom. The van der Waals surface area contributed by atoms with Gasteiger partial charge in [0.15, 0.2) is 0 Å². The molecule has 0 atom stereocenters. The number of halogens is 2. The fourth-order valence-electron chi connectivity index (χ4n) is 2.81. The molecule has 0 unspecified atom stereocenters. The molecule has 1 fully saturated rings. The van der Waals surface area contributed by atoms with Crippen LogP contribution in [0, 0.1) is 5.82 Å². The van der Waals surface area contributed by atoms with E-state index in [1.165, 1.54) is 30.0 Å². The second kappa shape index (κ2) is 8.29. The Kier molecular flexibility index (Phi) is 6.39. The molecule has 0 bridgehead atoms. The maximum Gasteiger partial charge on any atom is 0.224 e. The van der Waals surface area contributed by atoms with Crippen LogP contribution in [-0.4, -0.2) is 36.3 Å². The first-order chi connectivity index (χ1) is 11.0. The van der Waals surface area contributed by atoms with Crippen molar-refractivity contribution in [2.75, 3.05) is 24.5 Å². The molecular weight excluding hydrogens is 319 g/mol. The van der Waals surface area contributed by atoms with Gasteiger partial charge in [-0.25, -0.2) is 4.39 Å². The first-order valence-corrected chi connectivity index (χ1v) is 8.38. The molecule has 4 nitrogen and oxygen atoms in total. The van der Waals surface area contributed by atoms with Crippen LogP contribution in [0.5, 0.6) is 0 Å². The summed E-state index contributed by atoms with van der Waals surface area (Å²) in [6.07, 6.45) is 4.66. The van der Waals surface area contributed by atoms with Crippen molar-refractivity contribution in [2.45, 2.75) is 39.0 Å². The van der Waals surface area contributed by atoms with Gasteiger partial charge in [-0.2, -0.15) is 0 Å². The third-order valence-corrected chi connectivity index (χ3v) is 4.39. The topological polar surface area (TPSA) is 40.6 Å². The van der Waals surface area contributed by atoms with Gasteiger partial charge in [0.2, 0.25) is 11.8 Å². The number of nitrogens with zero attached hydrogens (tertiary/aromatic N) is 2. The van der Waals surface area contributed by atoms with E-state index in [0.29, 0.717) is 5.69 Å². The van der Waals surface area contributed by atoms with E-state index in [0.717, 1.165) is 38.8 Å². The number of carbonyl (C=O) groups excluding carboxylic acids is 2. The van der Waals surface area contributed by atoms with E-state index < -0.39 is 5.82 Å². The summed E-state index contributed by atoms with van der Waals surface area (Å²) in [5.74, 6) is -0.665. The highest BCUT2D eigenvalue weighted by Crippen LogP contribution is 2.23. The van der Waals surface area contributed by atoms with E-state index in [1.807, 2.05) is 4.90 Å². The van der Waals surface area contributed by atoms with Gasteiger partial charge in [0.25, 0.3) is 0 Å². The average Bonchev–Trinajstić information content (AvgIpc) is 2.79. The summed E-state index contributed by atoms with van der Waals surface area (Å²) in [5, 5.41) is -0.0346. The Balaban J connectivity index is 2.00. The molecule has 1 aromatic rings. The van der Waals surface area contributed by atoms with Crippen LogP contribution in [0.15, 0.2) is 18.2 Å². The monoisotopic (exact) mass is 340 g/mol. The van der Waals surface area contributed by atoms with Crippen LogP contribution < -0.4 is 4.90 Å². The minimum atomic E-state index is -0.528. The maximum absolute atomic E-state index is 13.3. The molecule has 1 aliphatic rings. The molecular formula is C17H22ClFN2O2. The summed E-state index contributed by atoms with van der Waals surface area (Å²) < 4.78 is 13.3. The Bertz CT molecular complexity index is 572. The fourth-order valence-corrected chi connectivity index (χ4v) is 2.98. The van der Waals surface area contributed by atoms with Crippen molar-refractivity contribution >= 4 is 29.1 Å². The number of anilines is 1. The number of hydrogen-bond donors (Lipinski definition) is 0. The average molecular weight is 341 g/mol. The van der Waals surface area contributed by atoms with Crippen LogP contribution in [0.25, 0.3) is 0 Å². The molecule has 1 saturated heterocycles. The van der Waals surface area contributed by atoms with E-state index in [2.05, 4.69) is 0 Å². The van der Waals surface area contributed by atoms with Gasteiger partial charge >= 0.3 is 0 Å². The van der Waals surface area contributed by atoms with Crippen LogP contribution in [0.2, 0.25) is 5.02 Å². The molecule has 2 amide bonds. The van der Waals surface area contributed by atoms with Gasteiger partial charge in [0.05, 0.1) is 5.02 Å². The van der Waals surface area contributed by atoms with Gasteiger partial charge in [-0.3, -0.25) is 9.59 Å². The van der Waals surface area contributed by atoms with Gasteiger partial charge < -0.3 is 9.80 Å². The molecule has 23 heavy (non-hydrogen) atoms. The molecule has 0 N–H and O–H groups in total. The number of carbonyl (C=O) groups is 2. The zero-order valence-electron chi connectivity index (χ0n) is 13.4. The maximum atomic E-state index is 13.3. The van der Waals surface area contributed by atoms with Crippen molar-refractivity contribution in [3.63, 3.8) is 0 Å². The summed E-state index contributed by atoms with van der Waals surface area (Å²) in [6, 6.07) is 4.14. The minimum Gasteiger partial charge on any atom is -0.343 e. The lowest BCUT2D eigenvalue weighted by atomic mass is 10.2. The normalized spacial score (nSPS) is 15.2. The van der Waals surface area contributed by atoms with E-state index in [4.69, 9.17) is 11.6 Å². The molecule has 0 radical (unpaired) electrons. The first kappa shape index (κ1) is 17.7. The van der Waals surface area contributed by atoms with Gasteiger partial charge in [-0.05, 0) is 31.0 Å². The lowest BCUT2D eigenvalue weighted by Gasteiger charge is -2.24. The number of hydrogen-bond acceptors (Lipinski definition) is 2. The summed E-state index contributed by atoms with van der Waals surface area (Å²) >= 11 is 5.78. The molecule has 1 heterocycles. The van der Waals surface area contributed by atoms with Crippen LogP contribution in [0.3, 0.4) is 0 Å². The van der Waals surface area contributed by atoms with E-state index in [9.17, 15) is 14.0 Å². The summed E-state index contributed by atoms with van der Waals surface area (Å²) in [5.41, 5.74) is 0.507. The molecule has 2 rings (SSSR count). The molecule has 1 aliphatic heterocycles. The quantitative estimate of drug-likeness (QED) is 0.839. The highest BCUT2D eigenvalue weighted by molar-refractivity contribution is 6.31. The largest absolute Gasteiger partial charge is 0.343 e. The lowest BCUT2D eigenvalue weighted by molar-refractivity contribution is -0.131. The number of benzene rings is 1. The Labute approximate surface area is 141 Å². The van der Waals surface area contributed by atoms with Crippen molar-refractivity contribution in [3.05, 3.63) is 29.0 Å². The van der Waals surface area contributed by atoms with Crippen LogP contribution >= 0.6 is 11.6 Å². The van der Waals surface area contributed by atoms with Crippen molar-refractivity contribution in [3.8, 4) is 0 Å². The molecule has 0 saturated carbocycles. The lowest BCUT2D eigenvalue weighted by Crippen LogP contribution is -2.36. The predicted molar refractivity (Wildman–Crippen MR) is 89.1 cm³/mol. The summed E-state index contributed by atoms with van der Waals surface area (Å²) in [4.78, 5) is 27.5. The minimum absolute atomic E-state index is 0.0346. The predicted octanol–water partition coefficient (Wildman–Crippen LogP) is 3.62. The molecule has 0 spiro atoms. The second-order valence-corrected chi connectivity index (χ2v) is 6.22. The van der Waals surface area contributed by atoms with Crippen molar-refractivity contribution in [2.24, 2.45) is 0 Å². The molecule has 1 aromatic carbocycles. The van der Waals surface area contributed by atoms with Crippen molar-refractivity contribution in [1.82, 2.24) is 4.90 Å². The zero-order chi connectivity index (χ0) is 16.8. The highest BCUT2D eigenvalue weighted by atomic mass is 35.5. The Morgan fingerprint density at radius 2 is 1.87 bits per heavy atom. The Hall–Kier alpha value is -1.62. The molecule has 126 valence electrons. The third kappa shape index (κ3) is 4.93. The third-order valence-electron chi connectivity index (χ3n) is 4.10. The van der Waals surface area contributed by atoms with Gasteiger partial charge in [0, 0.05) is 38.7 Å². The van der Waals surface area contributed by atoms with Gasteiger partial charge in [-0.15, -0.1) is 0 Å². The van der Waals surface area contributed by atoms with Crippen molar-refractivity contribution in [1.29, 1.82) is 0 Å². The fraction of sp³-hybridized carbons (Fsp3) is 0.529. The summed E-state index contributed by atoms with van der Waals surface area (Å²) in [7, 11) is 0. The SMILES string of the molecule is CC(=O)N(CCC(=O)N1CCCCCC1)c1ccc(F)c(Cl)c1. The number of rotatable bonds is 4. The smallest absolute Gasteiger partial charge is 0.224 e. The van der Waals surface area contributed by atoms with Crippen LogP contribution in [0.1, 0.15) is 39.0 Å². The number of amides is 2. The van der Waals surface area contributed by atoms with E-state index >= 15 is 0 Å². The zero-order valence-corrected chi connectivity index (χ0v) is 14.1. The Morgan fingerprint density at radius 1 is 1.22 bits per heavy atom. The van der Waals surface area contributed by atoms with Gasteiger partial charge in [-0.1, -0.05) is 24.4 Å². The highest BCUT2D eigenvalue weighted by Gasteiger charge is 2.19. The first-order valence-electron chi connectivity index (χ1n) is 8.00. The molecule has 0 aliphatic carbocycles. The summed E-state index contributed by atoms with van der Waals surface area (Å²) in [6.45, 7) is 3.28. The van der Waals surface area contributed by atoms with Crippen molar-refractivity contribution < 1.29 is 14.0 Å². The molecule has 6 heteroatoms. The van der Waals surface area contributed by atoms with Gasteiger partial charge in [0.1, 0.15) is 5.82 Å².